The zero-order valence-electron chi connectivity index (χ0n) is 18.9. The summed E-state index contributed by atoms with van der Waals surface area (Å²) in [7, 11) is 3.78. The summed E-state index contributed by atoms with van der Waals surface area (Å²) in [6.45, 7) is 4.00. The largest absolute Gasteiger partial charge is 0.489 e. The molecule has 0 unspecified atom stereocenters. The number of benzene rings is 1. The Hall–Kier alpha value is -4.27. The van der Waals surface area contributed by atoms with E-state index in [9.17, 15) is 0 Å². The molecule has 1 aromatic carbocycles. The molecule has 33 heavy (non-hydrogen) atoms. The molecular weight excluding hydrogens is 416 g/mol. The van der Waals surface area contributed by atoms with Gasteiger partial charge >= 0.3 is 0 Å². The van der Waals surface area contributed by atoms with E-state index in [2.05, 4.69) is 25.5 Å². The number of anilines is 2. The van der Waals surface area contributed by atoms with Gasteiger partial charge in [0.2, 0.25) is 5.95 Å². The molecular formula is C24H24N8O. The third-order valence-electron chi connectivity index (χ3n) is 5.11. The first kappa shape index (κ1) is 20.6. The lowest BCUT2D eigenvalue weighted by molar-refractivity contribution is 0.244. The normalized spacial score (nSPS) is 11.3. The molecule has 0 bridgehead atoms. The zero-order chi connectivity index (χ0) is 22.9. The molecule has 0 saturated carbocycles. The Morgan fingerprint density at radius 1 is 0.879 bits per heavy atom. The summed E-state index contributed by atoms with van der Waals surface area (Å²) in [5, 5.41) is 12.7. The third kappa shape index (κ3) is 4.25. The highest BCUT2D eigenvalue weighted by atomic mass is 16.5. The Kier molecular flexibility index (Phi) is 5.21. The predicted octanol–water partition coefficient (Wildman–Crippen LogP) is 4.36. The number of ether oxygens (including phenoxy) is 1. The van der Waals surface area contributed by atoms with Crippen LogP contribution in [0.4, 0.5) is 11.6 Å². The lowest BCUT2D eigenvalue weighted by Crippen LogP contribution is -2.08. The lowest BCUT2D eigenvalue weighted by atomic mass is 10.1. The summed E-state index contributed by atoms with van der Waals surface area (Å²) in [5.41, 5.74) is 5.23. The van der Waals surface area contributed by atoms with Gasteiger partial charge in [-0.1, -0.05) is 6.07 Å². The van der Waals surface area contributed by atoms with E-state index in [1.165, 1.54) is 0 Å². The zero-order valence-corrected chi connectivity index (χ0v) is 18.9. The van der Waals surface area contributed by atoms with Gasteiger partial charge in [-0.2, -0.15) is 10.2 Å². The topological polar surface area (TPSA) is 95.6 Å². The molecule has 0 atom stereocenters. The van der Waals surface area contributed by atoms with E-state index in [-0.39, 0.29) is 6.10 Å². The minimum Gasteiger partial charge on any atom is -0.489 e. The number of nitrogens with one attached hydrogen (secondary N) is 1. The molecule has 5 rings (SSSR count). The van der Waals surface area contributed by atoms with Crippen LogP contribution in [0, 0.1) is 0 Å². The maximum atomic E-state index is 6.10. The highest BCUT2D eigenvalue weighted by molar-refractivity contribution is 5.91. The van der Waals surface area contributed by atoms with Crippen molar-refractivity contribution < 1.29 is 4.74 Å². The van der Waals surface area contributed by atoms with E-state index >= 15 is 0 Å². The molecule has 0 aliphatic carbocycles. The quantitative estimate of drug-likeness (QED) is 0.419. The van der Waals surface area contributed by atoms with Crippen molar-refractivity contribution in [3.8, 4) is 28.1 Å². The average Bonchev–Trinajstić information content (AvgIpc) is 3.42. The number of aryl methyl sites for hydroxylation is 2. The second-order valence-corrected chi connectivity index (χ2v) is 8.10. The van der Waals surface area contributed by atoms with E-state index in [0.717, 1.165) is 39.0 Å². The molecule has 1 N–H and O–H groups in total. The molecule has 0 amide bonds. The molecule has 5 aromatic rings. The van der Waals surface area contributed by atoms with Crippen LogP contribution in [0.15, 0.2) is 61.4 Å². The van der Waals surface area contributed by atoms with Gasteiger partial charge in [-0.05, 0) is 37.6 Å². The van der Waals surface area contributed by atoms with Crippen LogP contribution in [0.1, 0.15) is 13.8 Å². The molecule has 0 aliphatic rings. The molecule has 166 valence electrons. The molecule has 4 heterocycles. The van der Waals surface area contributed by atoms with Crippen LogP contribution < -0.4 is 10.1 Å². The number of rotatable bonds is 6. The van der Waals surface area contributed by atoms with Crippen molar-refractivity contribution in [2.24, 2.45) is 14.1 Å². The van der Waals surface area contributed by atoms with E-state index in [0.29, 0.717) is 11.7 Å². The molecule has 0 fully saturated rings. The molecule has 4 aromatic heterocycles. The molecule has 9 heteroatoms. The minimum atomic E-state index is 0.00797. The number of aromatic nitrogens is 7. The summed E-state index contributed by atoms with van der Waals surface area (Å²) in [6, 6.07) is 7.90. The molecule has 9 nitrogen and oxygen atoms in total. The van der Waals surface area contributed by atoms with Crippen molar-refractivity contribution in [3.63, 3.8) is 0 Å². The number of hydrogen-bond donors (Lipinski definition) is 1. The fraction of sp³-hybridized carbons (Fsp3) is 0.208. The smallest absolute Gasteiger partial charge is 0.227 e. The van der Waals surface area contributed by atoms with Gasteiger partial charge in [0.25, 0.3) is 0 Å². The number of pyridine rings is 1. The van der Waals surface area contributed by atoms with Gasteiger partial charge in [0.1, 0.15) is 11.3 Å². The fourth-order valence-electron chi connectivity index (χ4n) is 3.62. The number of fused-ring (bicyclic) bond motifs is 1. The van der Waals surface area contributed by atoms with E-state index in [1.807, 2.05) is 70.8 Å². The number of nitrogens with zero attached hydrogens (tertiary/aromatic N) is 7. The summed E-state index contributed by atoms with van der Waals surface area (Å²) >= 11 is 0. The Morgan fingerprint density at radius 3 is 2.33 bits per heavy atom. The van der Waals surface area contributed by atoms with Gasteiger partial charge in [0.05, 0.1) is 29.9 Å². The Morgan fingerprint density at radius 2 is 1.64 bits per heavy atom. The molecule has 0 radical (unpaired) electrons. The third-order valence-corrected chi connectivity index (χ3v) is 5.11. The van der Waals surface area contributed by atoms with E-state index < -0.39 is 0 Å². The van der Waals surface area contributed by atoms with Gasteiger partial charge in [0.15, 0.2) is 0 Å². The van der Waals surface area contributed by atoms with Gasteiger partial charge in [0, 0.05) is 55.4 Å². The summed E-state index contributed by atoms with van der Waals surface area (Å²) < 4.78 is 9.63. The van der Waals surface area contributed by atoms with E-state index in [4.69, 9.17) is 9.72 Å². The lowest BCUT2D eigenvalue weighted by Gasteiger charge is -2.16. The van der Waals surface area contributed by atoms with Crippen LogP contribution in [0.25, 0.3) is 33.3 Å². The van der Waals surface area contributed by atoms with Crippen molar-refractivity contribution in [3.05, 3.63) is 61.4 Å². The monoisotopic (exact) mass is 440 g/mol. The molecule has 0 aliphatic heterocycles. The number of hydrogen-bond acceptors (Lipinski definition) is 7. The summed E-state index contributed by atoms with van der Waals surface area (Å²) in [4.78, 5) is 13.8. The molecule has 0 saturated heterocycles. The SMILES string of the molecule is CC(C)Oc1cc(-c2cnn(C)c2)ccc1Nc1ncc2ccnc(-c3cnn(C)c3)c2n1. The summed E-state index contributed by atoms with van der Waals surface area (Å²) in [5.74, 6) is 1.18. The summed E-state index contributed by atoms with van der Waals surface area (Å²) in [6.07, 6.45) is 11.1. The van der Waals surface area contributed by atoms with Gasteiger partial charge in [-0.25, -0.2) is 9.97 Å². The van der Waals surface area contributed by atoms with Crippen molar-refractivity contribution in [2.45, 2.75) is 20.0 Å². The first-order chi connectivity index (χ1) is 16.0. The molecule has 0 spiro atoms. The van der Waals surface area contributed by atoms with Crippen LogP contribution in [0.3, 0.4) is 0 Å². The van der Waals surface area contributed by atoms with E-state index in [1.54, 1.807) is 28.0 Å². The van der Waals surface area contributed by atoms with Crippen LogP contribution in [0.2, 0.25) is 0 Å². The maximum Gasteiger partial charge on any atom is 0.227 e. The Labute approximate surface area is 191 Å². The van der Waals surface area contributed by atoms with Crippen LogP contribution in [-0.2, 0) is 14.1 Å². The van der Waals surface area contributed by atoms with Crippen molar-refractivity contribution in [1.82, 2.24) is 34.5 Å². The first-order valence-electron chi connectivity index (χ1n) is 10.6. The second kappa shape index (κ2) is 8.34. The van der Waals surface area contributed by atoms with Gasteiger partial charge in [-0.3, -0.25) is 14.3 Å². The van der Waals surface area contributed by atoms with Crippen molar-refractivity contribution in [1.29, 1.82) is 0 Å². The van der Waals surface area contributed by atoms with Crippen LogP contribution in [0.5, 0.6) is 5.75 Å². The van der Waals surface area contributed by atoms with Crippen molar-refractivity contribution >= 4 is 22.5 Å². The van der Waals surface area contributed by atoms with Crippen LogP contribution in [-0.4, -0.2) is 40.6 Å². The predicted molar refractivity (Wildman–Crippen MR) is 127 cm³/mol. The maximum absolute atomic E-state index is 6.10. The Balaban J connectivity index is 1.53. The second-order valence-electron chi connectivity index (χ2n) is 8.10. The highest BCUT2D eigenvalue weighted by Gasteiger charge is 2.14. The van der Waals surface area contributed by atoms with Gasteiger partial charge in [-0.15, -0.1) is 0 Å². The highest BCUT2D eigenvalue weighted by Crippen LogP contribution is 2.33. The standard InChI is InChI=1S/C24H24N8O/c1-15(2)33-21-9-16(18-11-27-31(3)13-18)5-6-20(21)29-24-26-10-17-7-8-25-22(23(17)30-24)19-12-28-32(4)14-19/h5-15H,1-4H3,(H,26,29,30). The minimum absolute atomic E-state index is 0.00797. The van der Waals surface area contributed by atoms with Crippen molar-refractivity contribution in [2.75, 3.05) is 5.32 Å². The first-order valence-corrected chi connectivity index (χ1v) is 10.6. The fourth-order valence-corrected chi connectivity index (χ4v) is 3.62. The van der Waals surface area contributed by atoms with Crippen LogP contribution >= 0.6 is 0 Å². The average molecular weight is 441 g/mol. The Bertz CT molecular complexity index is 1440. The van der Waals surface area contributed by atoms with Gasteiger partial charge < -0.3 is 10.1 Å².